The summed E-state index contributed by atoms with van der Waals surface area (Å²) in [6.45, 7) is 11.9. The second-order valence-corrected chi connectivity index (χ2v) is 11.2. The molecule has 10 heteroatoms. The highest BCUT2D eigenvalue weighted by molar-refractivity contribution is 5.74. The molecule has 0 N–H and O–H groups in total. The van der Waals surface area contributed by atoms with Crippen molar-refractivity contribution in [1.82, 2.24) is 24.3 Å². The van der Waals surface area contributed by atoms with Gasteiger partial charge in [0.15, 0.2) is 11.5 Å². The molecular weight excluding hydrogens is 498 g/mol. The van der Waals surface area contributed by atoms with Crippen molar-refractivity contribution in [3.05, 3.63) is 58.3 Å². The maximum atomic E-state index is 13.3. The molecule has 0 atom stereocenters. The number of likely N-dealkylation sites (tertiary alicyclic amines) is 1. The topological polar surface area (TPSA) is 99.0 Å². The number of aromatic nitrogens is 3. The van der Waals surface area contributed by atoms with E-state index in [-0.39, 0.29) is 17.7 Å². The van der Waals surface area contributed by atoms with Gasteiger partial charge in [0.05, 0.1) is 29.5 Å². The number of hydrogen-bond donors (Lipinski definition) is 0. The fraction of sp³-hybridized carbons (Fsp3) is 0.517. The molecule has 0 aromatic carbocycles. The summed E-state index contributed by atoms with van der Waals surface area (Å²) in [4.78, 5) is 39.1. The molecule has 2 aliphatic rings. The third-order valence-corrected chi connectivity index (χ3v) is 7.06. The summed E-state index contributed by atoms with van der Waals surface area (Å²) in [6.07, 6.45) is 4.73. The van der Waals surface area contributed by atoms with E-state index in [1.54, 1.807) is 23.2 Å². The van der Waals surface area contributed by atoms with E-state index < -0.39 is 5.60 Å². The Morgan fingerprint density at radius 3 is 2.54 bits per heavy atom. The van der Waals surface area contributed by atoms with E-state index in [1.165, 1.54) is 0 Å². The molecule has 0 radical (unpaired) electrons. The standard InChI is InChI=1S/C29H37N5O5/c1-20-15-24-23(31-17-20)5-6-27(35)33(24)12-11-32-9-7-22(8-10-32)34(28(36)39-29(2,3)4)19-21-16-25-26(18-30-21)38-14-13-37-25/h5-6,15-18,22H,7-14,19H2,1-4H3. The maximum absolute atomic E-state index is 13.3. The minimum atomic E-state index is -0.602. The predicted octanol–water partition coefficient (Wildman–Crippen LogP) is 3.77. The molecule has 0 saturated carbocycles. The number of carbonyl (C=O) groups excluding carboxylic acids is 1. The van der Waals surface area contributed by atoms with Gasteiger partial charge in [0, 0.05) is 50.6 Å². The van der Waals surface area contributed by atoms with Gasteiger partial charge >= 0.3 is 6.09 Å². The zero-order chi connectivity index (χ0) is 27.6. The Hall–Kier alpha value is -3.66. The van der Waals surface area contributed by atoms with Crippen LogP contribution in [0, 0.1) is 6.92 Å². The summed E-state index contributed by atoms with van der Waals surface area (Å²) < 4.78 is 18.9. The molecule has 3 aromatic heterocycles. The molecule has 208 valence electrons. The van der Waals surface area contributed by atoms with Gasteiger partial charge in [-0.05, 0) is 58.2 Å². The van der Waals surface area contributed by atoms with Crippen LogP contribution in [-0.2, 0) is 17.8 Å². The van der Waals surface area contributed by atoms with Crippen LogP contribution in [0.4, 0.5) is 4.79 Å². The highest BCUT2D eigenvalue weighted by atomic mass is 16.6. The zero-order valence-corrected chi connectivity index (χ0v) is 23.2. The first-order valence-electron chi connectivity index (χ1n) is 13.6. The Bertz CT molecular complexity index is 1390. The van der Waals surface area contributed by atoms with Gasteiger partial charge in [-0.2, -0.15) is 0 Å². The number of carbonyl (C=O) groups is 1. The van der Waals surface area contributed by atoms with Gasteiger partial charge in [0.1, 0.15) is 18.8 Å². The number of fused-ring (bicyclic) bond motifs is 2. The van der Waals surface area contributed by atoms with E-state index in [1.807, 2.05) is 50.6 Å². The van der Waals surface area contributed by atoms with Crippen LogP contribution in [0.2, 0.25) is 0 Å². The number of ether oxygens (including phenoxy) is 3. The van der Waals surface area contributed by atoms with E-state index in [9.17, 15) is 9.59 Å². The van der Waals surface area contributed by atoms with Crippen molar-refractivity contribution in [1.29, 1.82) is 0 Å². The van der Waals surface area contributed by atoms with Gasteiger partial charge in [-0.25, -0.2) is 4.79 Å². The second-order valence-electron chi connectivity index (χ2n) is 11.2. The van der Waals surface area contributed by atoms with Gasteiger partial charge < -0.3 is 23.7 Å². The highest BCUT2D eigenvalue weighted by Crippen LogP contribution is 2.30. The van der Waals surface area contributed by atoms with Crippen LogP contribution in [0.15, 0.2) is 41.5 Å². The Labute approximate surface area is 228 Å². The highest BCUT2D eigenvalue weighted by Gasteiger charge is 2.32. The summed E-state index contributed by atoms with van der Waals surface area (Å²) in [5, 5.41) is 0. The summed E-state index contributed by atoms with van der Waals surface area (Å²) >= 11 is 0. The molecule has 3 aromatic rings. The molecule has 1 fully saturated rings. The minimum absolute atomic E-state index is 0.0122. The lowest BCUT2D eigenvalue weighted by atomic mass is 10.0. The van der Waals surface area contributed by atoms with Gasteiger partial charge in [-0.3, -0.25) is 19.7 Å². The van der Waals surface area contributed by atoms with Crippen LogP contribution < -0.4 is 15.0 Å². The average molecular weight is 536 g/mol. The number of pyridine rings is 3. The van der Waals surface area contributed by atoms with Crippen molar-refractivity contribution in [3.8, 4) is 11.5 Å². The van der Waals surface area contributed by atoms with E-state index in [4.69, 9.17) is 14.2 Å². The van der Waals surface area contributed by atoms with Crippen LogP contribution in [0.5, 0.6) is 11.5 Å². The molecular formula is C29H37N5O5. The molecule has 0 unspecified atom stereocenters. The van der Waals surface area contributed by atoms with Crippen LogP contribution >= 0.6 is 0 Å². The normalized spacial score (nSPS) is 16.3. The Balaban J connectivity index is 1.26. The average Bonchev–Trinajstić information content (AvgIpc) is 2.90. The third-order valence-electron chi connectivity index (χ3n) is 7.06. The van der Waals surface area contributed by atoms with Crippen molar-refractivity contribution in [3.63, 3.8) is 0 Å². The van der Waals surface area contributed by atoms with Crippen molar-refractivity contribution >= 4 is 17.1 Å². The van der Waals surface area contributed by atoms with Crippen molar-refractivity contribution in [2.75, 3.05) is 32.8 Å². The largest absolute Gasteiger partial charge is 0.486 e. The number of amides is 1. The van der Waals surface area contributed by atoms with Crippen LogP contribution in [0.1, 0.15) is 44.9 Å². The second kappa shape index (κ2) is 11.2. The summed E-state index contributed by atoms with van der Waals surface area (Å²) in [5.41, 5.74) is 2.81. The first-order chi connectivity index (χ1) is 18.7. The van der Waals surface area contributed by atoms with E-state index in [2.05, 4.69) is 14.9 Å². The molecule has 0 spiro atoms. The SMILES string of the molecule is Cc1cnc2ccc(=O)n(CCN3CCC(N(Cc4cc5c(cn4)OCCO5)C(=O)OC(C)(C)C)CC3)c2c1. The van der Waals surface area contributed by atoms with Crippen molar-refractivity contribution in [2.24, 2.45) is 0 Å². The fourth-order valence-electron chi connectivity index (χ4n) is 5.11. The van der Waals surface area contributed by atoms with E-state index in [0.717, 1.165) is 54.8 Å². The monoisotopic (exact) mass is 535 g/mol. The van der Waals surface area contributed by atoms with Crippen molar-refractivity contribution in [2.45, 2.75) is 65.3 Å². The third kappa shape index (κ3) is 6.50. The Morgan fingerprint density at radius 1 is 1.05 bits per heavy atom. The van der Waals surface area contributed by atoms with Gasteiger partial charge in [-0.1, -0.05) is 0 Å². The molecule has 10 nitrogen and oxygen atoms in total. The van der Waals surface area contributed by atoms with Crippen molar-refractivity contribution < 1.29 is 19.0 Å². The van der Waals surface area contributed by atoms with Crippen LogP contribution in [-0.4, -0.2) is 74.9 Å². The molecule has 1 saturated heterocycles. The van der Waals surface area contributed by atoms with Gasteiger partial charge in [0.2, 0.25) is 0 Å². The number of nitrogens with zero attached hydrogens (tertiary/aromatic N) is 5. The molecule has 2 aliphatic heterocycles. The number of hydrogen-bond acceptors (Lipinski definition) is 8. The summed E-state index contributed by atoms with van der Waals surface area (Å²) in [7, 11) is 0. The first kappa shape index (κ1) is 26.9. The lowest BCUT2D eigenvalue weighted by Crippen LogP contribution is -2.49. The zero-order valence-electron chi connectivity index (χ0n) is 23.2. The fourth-order valence-corrected chi connectivity index (χ4v) is 5.11. The Kier molecular flexibility index (Phi) is 7.74. The summed E-state index contributed by atoms with van der Waals surface area (Å²) in [5.74, 6) is 1.28. The van der Waals surface area contributed by atoms with E-state index in [0.29, 0.717) is 37.8 Å². The molecule has 5 heterocycles. The maximum Gasteiger partial charge on any atom is 0.410 e. The van der Waals surface area contributed by atoms with E-state index >= 15 is 0 Å². The number of aryl methyl sites for hydroxylation is 1. The molecule has 0 bridgehead atoms. The molecule has 0 aliphatic carbocycles. The summed E-state index contributed by atoms with van der Waals surface area (Å²) in [6, 6.07) is 7.24. The lowest BCUT2D eigenvalue weighted by Gasteiger charge is -2.39. The van der Waals surface area contributed by atoms with Gasteiger partial charge in [-0.15, -0.1) is 0 Å². The minimum Gasteiger partial charge on any atom is -0.486 e. The van der Waals surface area contributed by atoms with Crippen LogP contribution in [0.3, 0.4) is 0 Å². The molecule has 39 heavy (non-hydrogen) atoms. The smallest absolute Gasteiger partial charge is 0.410 e. The number of rotatable bonds is 6. The van der Waals surface area contributed by atoms with Gasteiger partial charge in [0.25, 0.3) is 5.56 Å². The first-order valence-corrected chi connectivity index (χ1v) is 13.6. The van der Waals surface area contributed by atoms with Crippen LogP contribution in [0.25, 0.3) is 11.0 Å². The molecule has 5 rings (SSSR count). The lowest BCUT2D eigenvalue weighted by molar-refractivity contribution is 0.00529. The quantitative estimate of drug-likeness (QED) is 0.470. The predicted molar refractivity (Wildman–Crippen MR) is 147 cm³/mol. The Morgan fingerprint density at radius 2 is 1.79 bits per heavy atom. The molecule has 1 amide bonds. The number of piperidine rings is 1.